The van der Waals surface area contributed by atoms with E-state index < -0.39 is 0 Å². The van der Waals surface area contributed by atoms with Gasteiger partial charge >= 0.3 is 0 Å². The molecule has 4 bridgehead atoms. The van der Waals surface area contributed by atoms with Crippen molar-refractivity contribution in [1.82, 2.24) is 9.88 Å². The molecule has 3 saturated heterocycles. The minimum absolute atomic E-state index is 0.289. The standard InChI is InChI=1S/C20H24N2O2/c1-3-11-9-22-18-8-15-14-6-12(24-2)4-5-17(14)21-20(15)19(22)7-13(11)16(18)10-23/h3-6,13,16,18-19,21,23H,7-10H2,1-2H3/b11-3+/t13-,16+,18+,19+/m0/s1. The average Bonchev–Trinajstić information content (AvgIpc) is 2.99. The number of nitrogens with zero attached hydrogens (tertiary/aromatic N) is 1. The molecule has 4 heteroatoms. The van der Waals surface area contributed by atoms with Crippen molar-refractivity contribution < 1.29 is 9.84 Å². The number of aliphatic hydroxyl groups is 1. The monoisotopic (exact) mass is 324 g/mol. The van der Waals surface area contributed by atoms with E-state index in [0.29, 0.717) is 23.9 Å². The van der Waals surface area contributed by atoms with E-state index in [1.165, 1.54) is 27.7 Å². The number of hydrogen-bond acceptors (Lipinski definition) is 3. The van der Waals surface area contributed by atoms with E-state index in [4.69, 9.17) is 4.74 Å². The third kappa shape index (κ3) is 1.76. The summed E-state index contributed by atoms with van der Waals surface area (Å²) in [6.45, 7) is 3.49. The number of aliphatic hydroxyl groups excluding tert-OH is 1. The lowest BCUT2D eigenvalue weighted by Crippen LogP contribution is -2.60. The molecule has 0 radical (unpaired) electrons. The van der Waals surface area contributed by atoms with Gasteiger partial charge in [-0.2, -0.15) is 0 Å². The lowest BCUT2D eigenvalue weighted by molar-refractivity contribution is -0.0503. The first-order chi connectivity index (χ1) is 11.7. The Morgan fingerprint density at radius 2 is 2.29 bits per heavy atom. The van der Waals surface area contributed by atoms with Gasteiger partial charge in [-0.3, -0.25) is 4.90 Å². The van der Waals surface area contributed by atoms with Crippen LogP contribution in [0.1, 0.15) is 30.6 Å². The molecule has 5 heterocycles. The fraction of sp³-hybridized carbons (Fsp3) is 0.500. The van der Waals surface area contributed by atoms with Crippen molar-refractivity contribution in [3.05, 3.63) is 41.1 Å². The summed E-state index contributed by atoms with van der Waals surface area (Å²) in [7, 11) is 1.72. The van der Waals surface area contributed by atoms with Crippen molar-refractivity contribution in [3.8, 4) is 5.75 Å². The van der Waals surface area contributed by atoms with E-state index in [9.17, 15) is 5.11 Å². The second kappa shape index (κ2) is 5.11. The highest BCUT2D eigenvalue weighted by molar-refractivity contribution is 5.86. The quantitative estimate of drug-likeness (QED) is 0.835. The summed E-state index contributed by atoms with van der Waals surface area (Å²) in [6.07, 6.45) is 4.42. The minimum Gasteiger partial charge on any atom is -0.497 e. The van der Waals surface area contributed by atoms with E-state index in [-0.39, 0.29) is 6.61 Å². The summed E-state index contributed by atoms with van der Waals surface area (Å²) in [5.74, 6) is 1.82. The van der Waals surface area contributed by atoms with Crippen molar-refractivity contribution >= 4 is 10.9 Å². The maximum atomic E-state index is 10.1. The maximum Gasteiger partial charge on any atom is 0.119 e. The number of benzene rings is 1. The van der Waals surface area contributed by atoms with Crippen LogP contribution in [0, 0.1) is 11.8 Å². The molecule has 2 N–H and O–H groups in total. The Labute approximate surface area is 142 Å². The van der Waals surface area contributed by atoms with Crippen LogP contribution in [0.2, 0.25) is 0 Å². The molecule has 126 valence electrons. The Bertz CT molecular complexity index is 838. The molecule has 1 unspecified atom stereocenters. The van der Waals surface area contributed by atoms with Crippen molar-refractivity contribution in [2.75, 3.05) is 20.3 Å². The number of allylic oxidation sites excluding steroid dienone is 1. The van der Waals surface area contributed by atoms with Crippen LogP contribution in [0.4, 0.5) is 0 Å². The van der Waals surface area contributed by atoms with Crippen molar-refractivity contribution in [3.63, 3.8) is 0 Å². The normalized spacial score (nSPS) is 35.5. The zero-order valence-electron chi connectivity index (χ0n) is 14.2. The van der Waals surface area contributed by atoms with Gasteiger partial charge in [-0.25, -0.2) is 0 Å². The van der Waals surface area contributed by atoms with Gasteiger partial charge in [0.25, 0.3) is 0 Å². The summed E-state index contributed by atoms with van der Waals surface area (Å²) in [6, 6.07) is 7.24. The highest BCUT2D eigenvalue weighted by Crippen LogP contribution is 2.54. The first-order valence-corrected chi connectivity index (χ1v) is 8.95. The number of piperidine rings is 3. The summed E-state index contributed by atoms with van der Waals surface area (Å²) in [5, 5.41) is 11.3. The lowest BCUT2D eigenvalue weighted by atomic mass is 9.64. The van der Waals surface area contributed by atoms with Gasteiger partial charge in [-0.15, -0.1) is 0 Å². The Kier molecular flexibility index (Phi) is 3.10. The number of rotatable bonds is 2. The van der Waals surface area contributed by atoms with Gasteiger partial charge in [0.05, 0.1) is 13.2 Å². The molecule has 3 fully saturated rings. The van der Waals surface area contributed by atoms with Crippen LogP contribution in [0.25, 0.3) is 10.9 Å². The molecule has 4 aliphatic rings. The predicted molar refractivity (Wildman–Crippen MR) is 94.2 cm³/mol. The second-order valence-corrected chi connectivity index (χ2v) is 7.44. The number of nitrogens with one attached hydrogen (secondary N) is 1. The lowest BCUT2D eigenvalue weighted by Gasteiger charge is -2.58. The predicted octanol–water partition coefficient (Wildman–Crippen LogP) is 3.03. The van der Waals surface area contributed by atoms with Crippen molar-refractivity contribution in [2.45, 2.75) is 31.8 Å². The van der Waals surface area contributed by atoms with E-state index in [1.807, 2.05) is 6.07 Å². The number of H-pyrrole nitrogens is 1. The first-order valence-electron chi connectivity index (χ1n) is 8.95. The van der Waals surface area contributed by atoms with E-state index in [2.05, 4.69) is 35.0 Å². The molecule has 2 aromatic rings. The molecule has 1 aromatic carbocycles. The van der Waals surface area contributed by atoms with Gasteiger partial charge in [0.2, 0.25) is 0 Å². The Morgan fingerprint density at radius 3 is 3.04 bits per heavy atom. The highest BCUT2D eigenvalue weighted by Gasteiger charge is 2.52. The molecule has 24 heavy (non-hydrogen) atoms. The van der Waals surface area contributed by atoms with Gasteiger partial charge in [0.15, 0.2) is 0 Å². The van der Waals surface area contributed by atoms with Gasteiger partial charge < -0.3 is 14.8 Å². The molecule has 4 aliphatic heterocycles. The third-order valence-electron chi connectivity index (χ3n) is 6.63. The van der Waals surface area contributed by atoms with E-state index in [0.717, 1.165) is 25.1 Å². The number of fused-ring (bicyclic) bond motifs is 4. The summed E-state index contributed by atoms with van der Waals surface area (Å²) < 4.78 is 5.43. The zero-order chi connectivity index (χ0) is 16.4. The fourth-order valence-corrected chi connectivity index (χ4v) is 5.47. The molecule has 0 aliphatic carbocycles. The van der Waals surface area contributed by atoms with E-state index in [1.54, 1.807) is 7.11 Å². The number of hydrogen-bond donors (Lipinski definition) is 2. The smallest absolute Gasteiger partial charge is 0.119 e. The molecule has 5 atom stereocenters. The molecule has 6 rings (SSSR count). The minimum atomic E-state index is 0.289. The van der Waals surface area contributed by atoms with Crippen LogP contribution in [-0.4, -0.2) is 41.3 Å². The third-order valence-corrected chi connectivity index (χ3v) is 6.63. The number of ether oxygens (including phenoxy) is 1. The van der Waals surface area contributed by atoms with Crippen LogP contribution in [-0.2, 0) is 6.42 Å². The van der Waals surface area contributed by atoms with Crippen LogP contribution in [0.3, 0.4) is 0 Å². The molecule has 0 spiro atoms. The van der Waals surface area contributed by atoms with E-state index >= 15 is 0 Å². The Hall–Kier alpha value is -1.78. The molecule has 1 aromatic heterocycles. The summed E-state index contributed by atoms with van der Waals surface area (Å²) in [5.41, 5.74) is 5.56. The Balaban J connectivity index is 1.66. The van der Waals surface area contributed by atoms with Gasteiger partial charge in [-0.1, -0.05) is 11.6 Å². The second-order valence-electron chi connectivity index (χ2n) is 7.44. The van der Waals surface area contributed by atoms with Gasteiger partial charge in [0.1, 0.15) is 5.75 Å². The van der Waals surface area contributed by atoms with Crippen molar-refractivity contribution in [1.29, 1.82) is 0 Å². The zero-order valence-corrected chi connectivity index (χ0v) is 14.2. The largest absolute Gasteiger partial charge is 0.497 e. The van der Waals surface area contributed by atoms with Crippen LogP contribution >= 0.6 is 0 Å². The average molecular weight is 324 g/mol. The Morgan fingerprint density at radius 1 is 1.42 bits per heavy atom. The number of methoxy groups -OCH3 is 1. The topological polar surface area (TPSA) is 48.5 Å². The molecule has 0 amide bonds. The van der Waals surface area contributed by atoms with Crippen molar-refractivity contribution in [2.24, 2.45) is 11.8 Å². The van der Waals surface area contributed by atoms with Crippen LogP contribution in [0.15, 0.2) is 29.8 Å². The SMILES string of the molecule is C/C=C1\CN2[C@@H]3C[C@@H]1[C@@H](CO)[C@H]2Cc1c3[nH]c2ccc(OC)cc12. The molecular weight excluding hydrogens is 300 g/mol. The van der Waals surface area contributed by atoms with Crippen LogP contribution in [0.5, 0.6) is 5.75 Å². The first kappa shape index (κ1) is 14.6. The van der Waals surface area contributed by atoms with Gasteiger partial charge in [-0.05, 0) is 49.4 Å². The molecule has 4 nitrogen and oxygen atoms in total. The van der Waals surface area contributed by atoms with Crippen LogP contribution < -0.4 is 4.74 Å². The van der Waals surface area contributed by atoms with Gasteiger partial charge in [0, 0.05) is 41.7 Å². The maximum absolute atomic E-state index is 10.1. The molecular formula is C20H24N2O2. The number of aromatic amines is 1. The summed E-state index contributed by atoms with van der Waals surface area (Å²) in [4.78, 5) is 6.32. The fourth-order valence-electron chi connectivity index (χ4n) is 5.47. The highest BCUT2D eigenvalue weighted by atomic mass is 16.5. The summed E-state index contributed by atoms with van der Waals surface area (Å²) >= 11 is 0. The number of aromatic nitrogens is 1. The molecule has 0 saturated carbocycles.